The van der Waals surface area contributed by atoms with E-state index in [2.05, 4.69) is 15.2 Å². The van der Waals surface area contributed by atoms with Crippen molar-refractivity contribution in [2.24, 2.45) is 5.10 Å². The minimum Gasteiger partial charge on any atom is -0.280 e. The highest BCUT2D eigenvalue weighted by molar-refractivity contribution is 7.92. The number of fused-ring (bicyclic) bond motifs is 1. The van der Waals surface area contributed by atoms with Crippen LogP contribution in [0, 0.1) is 0 Å². The third-order valence-electron chi connectivity index (χ3n) is 4.65. The molecule has 0 atom stereocenters. The lowest BCUT2D eigenvalue weighted by atomic mass is 10.1. The summed E-state index contributed by atoms with van der Waals surface area (Å²) in [5.74, 6) is -0.394. The molecule has 0 spiro atoms. The van der Waals surface area contributed by atoms with Gasteiger partial charge in [-0.25, -0.2) is 13.8 Å². The number of hydrazone groups is 1. The maximum Gasteiger partial charge on any atom is 0.271 e. The van der Waals surface area contributed by atoms with E-state index in [0.717, 1.165) is 16.3 Å². The molecule has 2 N–H and O–H groups in total. The zero-order chi connectivity index (χ0) is 21.7. The second-order valence-electron chi connectivity index (χ2n) is 6.76. The molecule has 0 saturated carbocycles. The molecule has 0 bridgehead atoms. The fraction of sp³-hybridized carbons (Fsp3) is 0. The molecule has 4 aromatic rings. The van der Waals surface area contributed by atoms with Crippen molar-refractivity contribution in [3.63, 3.8) is 0 Å². The molecular weight excluding hydrogens is 410 g/mol. The van der Waals surface area contributed by atoms with Crippen LogP contribution in [0.15, 0.2) is 107 Å². The van der Waals surface area contributed by atoms with Crippen molar-refractivity contribution < 1.29 is 13.2 Å². The lowest BCUT2D eigenvalue weighted by molar-refractivity contribution is 0.0955. The first kappa shape index (κ1) is 20.3. The van der Waals surface area contributed by atoms with Gasteiger partial charge in [0, 0.05) is 16.8 Å². The summed E-state index contributed by atoms with van der Waals surface area (Å²) in [7, 11) is -3.68. The molecule has 0 fully saturated rings. The van der Waals surface area contributed by atoms with Crippen molar-refractivity contribution in [1.29, 1.82) is 0 Å². The van der Waals surface area contributed by atoms with Crippen molar-refractivity contribution >= 4 is 38.6 Å². The molecule has 0 aliphatic heterocycles. The number of nitrogens with zero attached hydrogens (tertiary/aromatic N) is 1. The summed E-state index contributed by atoms with van der Waals surface area (Å²) in [6.45, 7) is 0. The average molecular weight is 430 g/mol. The maximum absolute atomic E-state index is 12.4. The highest BCUT2D eigenvalue weighted by Gasteiger charge is 2.13. The van der Waals surface area contributed by atoms with Crippen molar-refractivity contribution in [2.45, 2.75) is 4.90 Å². The summed E-state index contributed by atoms with van der Waals surface area (Å²) in [5, 5.41) is 6.18. The van der Waals surface area contributed by atoms with Crippen molar-refractivity contribution in [3.05, 3.63) is 108 Å². The smallest absolute Gasteiger partial charge is 0.271 e. The summed E-state index contributed by atoms with van der Waals surface area (Å²) in [5.41, 5.74) is 4.11. The number of anilines is 1. The first-order valence-electron chi connectivity index (χ1n) is 9.52. The number of carbonyl (C=O) groups excluding carboxylic acids is 1. The van der Waals surface area contributed by atoms with Crippen LogP contribution in [0.3, 0.4) is 0 Å². The molecule has 6 nitrogen and oxygen atoms in total. The minimum atomic E-state index is -3.68. The molecule has 0 heterocycles. The fourth-order valence-electron chi connectivity index (χ4n) is 3.09. The Kier molecular flexibility index (Phi) is 5.77. The van der Waals surface area contributed by atoms with Crippen LogP contribution >= 0.6 is 0 Å². The van der Waals surface area contributed by atoms with Crippen LogP contribution in [-0.4, -0.2) is 20.5 Å². The van der Waals surface area contributed by atoms with Crippen LogP contribution in [0.25, 0.3) is 10.8 Å². The molecule has 4 rings (SSSR count). The predicted octanol–water partition coefficient (Wildman–Crippen LogP) is 4.40. The first-order chi connectivity index (χ1) is 15.0. The number of benzene rings is 4. The zero-order valence-electron chi connectivity index (χ0n) is 16.4. The van der Waals surface area contributed by atoms with Gasteiger partial charge < -0.3 is 0 Å². The number of sulfonamides is 1. The normalized spacial score (nSPS) is 11.5. The molecular formula is C24H19N3O3S. The van der Waals surface area contributed by atoms with Gasteiger partial charge in [0.1, 0.15) is 0 Å². The highest BCUT2D eigenvalue weighted by atomic mass is 32.2. The van der Waals surface area contributed by atoms with Gasteiger partial charge in [-0.2, -0.15) is 5.10 Å². The van der Waals surface area contributed by atoms with Crippen molar-refractivity contribution in [1.82, 2.24) is 5.43 Å². The second-order valence-corrected chi connectivity index (χ2v) is 8.45. The van der Waals surface area contributed by atoms with E-state index in [-0.39, 0.29) is 4.90 Å². The van der Waals surface area contributed by atoms with Crippen LogP contribution in [0.2, 0.25) is 0 Å². The Morgan fingerprint density at radius 2 is 1.45 bits per heavy atom. The molecule has 0 unspecified atom stereocenters. The molecule has 0 aliphatic rings. The summed E-state index contributed by atoms with van der Waals surface area (Å²) in [4.78, 5) is 12.5. The molecule has 154 valence electrons. The molecule has 0 radical (unpaired) electrons. The van der Waals surface area contributed by atoms with Crippen LogP contribution in [-0.2, 0) is 10.0 Å². The Labute approximate surface area is 180 Å². The molecule has 7 heteroatoms. The standard InChI is InChI=1S/C24H19N3O3S/c28-24(26-25-17-20-9-6-8-18-7-4-5-12-23(18)20)19-13-15-21(16-14-19)27-31(29,30)22-10-2-1-3-11-22/h1-17,27H,(H,26,28)/b25-17+. The van der Waals surface area contributed by atoms with E-state index in [4.69, 9.17) is 0 Å². The van der Waals surface area contributed by atoms with E-state index in [1.165, 1.54) is 36.4 Å². The predicted molar refractivity (Wildman–Crippen MR) is 123 cm³/mol. The van der Waals surface area contributed by atoms with Gasteiger partial charge in [-0.3, -0.25) is 9.52 Å². The Morgan fingerprint density at radius 1 is 0.774 bits per heavy atom. The average Bonchev–Trinajstić information content (AvgIpc) is 2.80. The van der Waals surface area contributed by atoms with Crippen molar-refractivity contribution in [3.8, 4) is 0 Å². The summed E-state index contributed by atoms with van der Waals surface area (Å²) < 4.78 is 27.3. The Morgan fingerprint density at radius 3 is 2.23 bits per heavy atom. The van der Waals surface area contributed by atoms with Gasteiger partial charge in [0.05, 0.1) is 11.1 Å². The number of carbonyl (C=O) groups is 1. The molecule has 0 aliphatic carbocycles. The molecule has 1 amide bonds. The highest BCUT2D eigenvalue weighted by Crippen LogP contribution is 2.18. The summed E-state index contributed by atoms with van der Waals surface area (Å²) in [6.07, 6.45) is 1.60. The Balaban J connectivity index is 1.42. The summed E-state index contributed by atoms with van der Waals surface area (Å²) >= 11 is 0. The van der Waals surface area contributed by atoms with E-state index in [0.29, 0.717) is 11.3 Å². The second kappa shape index (κ2) is 8.81. The largest absolute Gasteiger partial charge is 0.280 e. The van der Waals surface area contributed by atoms with Gasteiger partial charge in [0.15, 0.2) is 0 Å². The van der Waals surface area contributed by atoms with Crippen LogP contribution in [0.5, 0.6) is 0 Å². The quantitative estimate of drug-likeness (QED) is 0.352. The maximum atomic E-state index is 12.4. The van der Waals surface area contributed by atoms with Gasteiger partial charge in [0.25, 0.3) is 15.9 Å². The number of hydrogen-bond acceptors (Lipinski definition) is 4. The molecule has 0 saturated heterocycles. The third kappa shape index (κ3) is 4.79. The minimum absolute atomic E-state index is 0.166. The molecule has 31 heavy (non-hydrogen) atoms. The van der Waals surface area contributed by atoms with E-state index in [9.17, 15) is 13.2 Å². The van der Waals surface area contributed by atoms with Gasteiger partial charge in [-0.05, 0) is 47.2 Å². The van der Waals surface area contributed by atoms with Gasteiger partial charge in [0.2, 0.25) is 0 Å². The molecule has 4 aromatic carbocycles. The Hall–Kier alpha value is -3.97. The van der Waals surface area contributed by atoms with Gasteiger partial charge in [-0.15, -0.1) is 0 Å². The van der Waals surface area contributed by atoms with Crippen LogP contribution in [0.4, 0.5) is 5.69 Å². The SMILES string of the molecule is O=C(N/N=C/c1cccc2ccccc12)c1ccc(NS(=O)(=O)c2ccccc2)cc1. The van der Waals surface area contributed by atoms with Crippen LogP contribution < -0.4 is 10.1 Å². The number of hydrogen-bond donors (Lipinski definition) is 2. The van der Waals surface area contributed by atoms with Crippen molar-refractivity contribution in [2.75, 3.05) is 4.72 Å². The first-order valence-corrected chi connectivity index (χ1v) is 11.0. The monoisotopic (exact) mass is 429 g/mol. The van der Waals surface area contributed by atoms with Crippen LogP contribution in [0.1, 0.15) is 15.9 Å². The van der Waals surface area contributed by atoms with E-state index < -0.39 is 15.9 Å². The summed E-state index contributed by atoms with van der Waals surface area (Å²) in [6, 6.07) is 28.0. The third-order valence-corrected chi connectivity index (χ3v) is 6.04. The van der Waals surface area contributed by atoms with E-state index in [1.54, 1.807) is 24.4 Å². The fourth-order valence-corrected chi connectivity index (χ4v) is 4.17. The number of nitrogens with one attached hydrogen (secondary N) is 2. The van der Waals surface area contributed by atoms with Gasteiger partial charge >= 0.3 is 0 Å². The topological polar surface area (TPSA) is 87.6 Å². The van der Waals surface area contributed by atoms with E-state index >= 15 is 0 Å². The lowest BCUT2D eigenvalue weighted by Gasteiger charge is -2.08. The Bertz CT molecular complexity index is 1340. The number of rotatable bonds is 6. The van der Waals surface area contributed by atoms with E-state index in [1.807, 2.05) is 42.5 Å². The zero-order valence-corrected chi connectivity index (χ0v) is 17.2. The number of amides is 1. The van der Waals surface area contributed by atoms with Gasteiger partial charge in [-0.1, -0.05) is 60.7 Å². The molecule has 0 aromatic heterocycles. The lowest BCUT2D eigenvalue weighted by Crippen LogP contribution is -2.18.